The van der Waals surface area contributed by atoms with E-state index in [4.69, 9.17) is 27.8 Å². The quantitative estimate of drug-likeness (QED) is 0.0828. The van der Waals surface area contributed by atoms with Crippen molar-refractivity contribution in [3.05, 3.63) is 63.7 Å². The van der Waals surface area contributed by atoms with Crippen LogP contribution in [0.15, 0.2) is 41.3 Å². The molecule has 1 aliphatic heterocycles. The van der Waals surface area contributed by atoms with Crippen molar-refractivity contribution in [3.63, 3.8) is 0 Å². The van der Waals surface area contributed by atoms with Crippen LogP contribution in [0.4, 0.5) is 14.9 Å². The lowest BCUT2D eigenvalue weighted by Gasteiger charge is -2.41. The summed E-state index contributed by atoms with van der Waals surface area (Å²) in [5.41, 5.74) is -0.388. The van der Waals surface area contributed by atoms with Gasteiger partial charge in [0.15, 0.2) is 11.6 Å². The van der Waals surface area contributed by atoms with E-state index in [1.165, 1.54) is 13.3 Å². The van der Waals surface area contributed by atoms with Gasteiger partial charge in [-0.25, -0.2) is 14.0 Å². The molecule has 1 saturated heterocycles. The lowest BCUT2D eigenvalue weighted by Crippen LogP contribution is -2.55. The molecular weight excluding hydrogens is 751 g/mol. The molecule has 302 valence electrons. The predicted octanol–water partition coefficient (Wildman–Crippen LogP) is 8.87. The predicted molar refractivity (Wildman–Crippen MR) is 212 cm³/mol. The number of halogens is 1. The number of piperazine rings is 1. The van der Waals surface area contributed by atoms with Gasteiger partial charge in [-0.15, -0.1) is 0 Å². The van der Waals surface area contributed by atoms with Crippen molar-refractivity contribution in [1.29, 1.82) is 0 Å². The van der Waals surface area contributed by atoms with Gasteiger partial charge in [-0.2, -0.15) is 0 Å². The Balaban J connectivity index is 1.47. The van der Waals surface area contributed by atoms with Gasteiger partial charge in [-0.05, 0) is 91.2 Å². The molecule has 5 rings (SSSR count). The van der Waals surface area contributed by atoms with Gasteiger partial charge in [0.25, 0.3) is 0 Å². The lowest BCUT2D eigenvalue weighted by molar-refractivity contribution is 0.0158. The molecule has 1 saturated carbocycles. The van der Waals surface area contributed by atoms with Gasteiger partial charge in [0.1, 0.15) is 28.0 Å². The summed E-state index contributed by atoms with van der Waals surface area (Å²) in [5.74, 6) is -1.26. The number of nitrogens with zero attached hydrogens (tertiary/aromatic N) is 3. The van der Waals surface area contributed by atoms with Crippen LogP contribution >= 0.6 is 15.7 Å². The number of rotatable bonds is 15. The minimum absolute atomic E-state index is 0.00970. The number of hydrogen-bond acceptors (Lipinski definition) is 11. The second kappa shape index (κ2) is 17.7. The summed E-state index contributed by atoms with van der Waals surface area (Å²) < 4.78 is 66.8. The van der Waals surface area contributed by atoms with E-state index in [-0.39, 0.29) is 53.4 Å². The number of anilines is 1. The first-order valence-electron chi connectivity index (χ1n) is 18.9. The number of esters is 1. The summed E-state index contributed by atoms with van der Waals surface area (Å²) in [7, 11) is -3.46. The van der Waals surface area contributed by atoms with Gasteiger partial charge in [-0.3, -0.25) is 9.36 Å². The maximum Gasteiger partial charge on any atom is 0.410 e. The van der Waals surface area contributed by atoms with Crippen LogP contribution in [0, 0.1) is 5.82 Å². The smallest absolute Gasteiger partial charge is 0.410 e. The second-order valence-corrected chi connectivity index (χ2v) is 19.2. The number of hydrogen-bond donors (Lipinski definition) is 0. The monoisotopic (exact) mass is 805 g/mol. The summed E-state index contributed by atoms with van der Waals surface area (Å²) in [6, 6.07) is 7.34. The van der Waals surface area contributed by atoms with Crippen molar-refractivity contribution >= 4 is 44.4 Å². The fourth-order valence-corrected chi connectivity index (χ4v) is 12.4. The largest absolute Gasteiger partial charge is 0.492 e. The Morgan fingerprint density at radius 3 is 2.20 bits per heavy atom. The highest BCUT2D eigenvalue weighted by Crippen LogP contribution is 2.74. The van der Waals surface area contributed by atoms with Crippen LogP contribution < -0.4 is 19.8 Å². The van der Waals surface area contributed by atoms with Crippen molar-refractivity contribution in [2.45, 2.75) is 91.3 Å². The first-order valence-corrected chi connectivity index (χ1v) is 22.0. The third-order valence-electron chi connectivity index (χ3n) is 9.32. The van der Waals surface area contributed by atoms with Gasteiger partial charge in [0.2, 0.25) is 5.43 Å². The van der Waals surface area contributed by atoms with Crippen molar-refractivity contribution in [2.75, 3.05) is 57.6 Å². The number of fused-ring (bicyclic) bond motifs is 1. The lowest BCUT2D eigenvalue weighted by atomic mass is 10.1. The van der Waals surface area contributed by atoms with Gasteiger partial charge in [0, 0.05) is 52.7 Å². The molecule has 3 unspecified atom stereocenters. The Labute approximate surface area is 323 Å². The van der Waals surface area contributed by atoms with Crippen LogP contribution in [0.3, 0.4) is 0 Å². The van der Waals surface area contributed by atoms with Crippen LogP contribution in [0.5, 0.6) is 11.5 Å². The highest BCUT2D eigenvalue weighted by molar-refractivity contribution is 7.71. The van der Waals surface area contributed by atoms with Gasteiger partial charge >= 0.3 is 19.7 Å². The first kappa shape index (κ1) is 42.6. The molecule has 16 heteroatoms. The number of benzene rings is 2. The Hall–Kier alpha value is -3.54. The van der Waals surface area contributed by atoms with Crippen LogP contribution in [0.2, 0.25) is 0 Å². The number of carbonyl (C=O) groups is 2. The molecule has 3 aromatic rings. The fraction of sp³-hybridized carbons (Fsp3) is 0.564. The van der Waals surface area contributed by atoms with Gasteiger partial charge in [-0.1, -0.05) is 19.1 Å². The topological polar surface area (TPSA) is 135 Å². The normalized spacial score (nSPS) is 17.6. The number of amides is 1. The molecule has 55 heavy (non-hydrogen) atoms. The summed E-state index contributed by atoms with van der Waals surface area (Å²) in [6.07, 6.45) is 3.24. The number of methoxy groups -OCH3 is 1. The molecule has 1 aliphatic carbocycles. The summed E-state index contributed by atoms with van der Waals surface area (Å²) >= 11 is 0. The van der Waals surface area contributed by atoms with Crippen molar-refractivity contribution in [1.82, 2.24) is 9.47 Å². The van der Waals surface area contributed by atoms with E-state index < -0.39 is 50.1 Å². The number of carbonyl (C=O) groups excluding carboxylic acids is 2. The molecule has 0 N–H and O–H groups in total. The third kappa shape index (κ3) is 9.37. The Bertz CT molecular complexity index is 1950. The van der Waals surface area contributed by atoms with E-state index >= 15 is 4.39 Å². The average Bonchev–Trinajstić information content (AvgIpc) is 3.97. The third-order valence-corrected chi connectivity index (χ3v) is 15.1. The molecular formula is C39H54FN3O10P2. The van der Waals surface area contributed by atoms with Crippen LogP contribution in [0.1, 0.15) is 95.6 Å². The van der Waals surface area contributed by atoms with E-state index in [2.05, 4.69) is 0 Å². The zero-order valence-corrected chi connectivity index (χ0v) is 35.0. The Kier molecular flexibility index (Phi) is 13.7. The highest BCUT2D eigenvalue weighted by Gasteiger charge is 2.43. The van der Waals surface area contributed by atoms with Crippen LogP contribution in [0.25, 0.3) is 10.9 Å². The molecule has 2 aliphatic rings. The molecule has 0 radical (unpaired) electrons. The van der Waals surface area contributed by atoms with Crippen molar-refractivity contribution in [2.24, 2.45) is 0 Å². The van der Waals surface area contributed by atoms with Gasteiger partial charge in [0.05, 0.1) is 31.2 Å². The molecule has 1 amide bonds. The molecule has 13 nitrogen and oxygen atoms in total. The number of ether oxygens (including phenoxy) is 3. The zero-order valence-electron chi connectivity index (χ0n) is 33.3. The number of aromatic nitrogens is 1. The number of pyridine rings is 1. The molecule has 2 fully saturated rings. The SMILES string of the molecule is CCOP(CC)C(c1ccc(OC(=O)c2cn(C3CC3)c3c(OC)c(N4CCN(C(=O)OC(C)(C)C)C(C)C4)c(F)cc3c2=O)cc1)P(=O)(OCC)OCC. The maximum atomic E-state index is 16.2. The highest BCUT2D eigenvalue weighted by atomic mass is 31.2. The fourth-order valence-electron chi connectivity index (χ4n) is 6.89. The summed E-state index contributed by atoms with van der Waals surface area (Å²) in [6.45, 7) is 16.3. The van der Waals surface area contributed by atoms with E-state index in [0.29, 0.717) is 43.5 Å². The van der Waals surface area contributed by atoms with Crippen LogP contribution in [-0.2, 0) is 22.9 Å². The van der Waals surface area contributed by atoms with E-state index in [9.17, 15) is 18.9 Å². The summed E-state index contributed by atoms with van der Waals surface area (Å²) in [4.78, 5) is 44.0. The van der Waals surface area contributed by atoms with E-state index in [1.807, 2.05) is 30.2 Å². The maximum absolute atomic E-state index is 16.2. The molecule has 1 aromatic heterocycles. The molecule has 3 atom stereocenters. The van der Waals surface area contributed by atoms with Crippen LogP contribution in [-0.4, -0.2) is 85.9 Å². The van der Waals surface area contributed by atoms with Crippen molar-refractivity contribution < 1.29 is 46.3 Å². The molecule has 2 aromatic carbocycles. The summed E-state index contributed by atoms with van der Waals surface area (Å²) in [5, 5.41) is -0.681. The van der Waals surface area contributed by atoms with E-state index in [1.54, 1.807) is 63.8 Å². The van der Waals surface area contributed by atoms with Crippen molar-refractivity contribution in [3.8, 4) is 11.5 Å². The standard InChI is InChI=1S/C39H54FN3O10P2/c1-10-49-54(13-4)37(55(47,50-11-2)51-12-3)26-14-18-28(19-15-26)52-36(45)30-24-43(27-16-17-27)32-29(34(30)44)22-31(40)33(35(32)48-9)41-20-21-42(25(5)23-41)38(46)53-39(6,7)8/h14-15,18-19,22,24-25,27,37H,10-13,16-17,20-21,23H2,1-9H3. The minimum atomic E-state index is -3.64. The molecule has 0 spiro atoms. The second-order valence-electron chi connectivity index (χ2n) is 14.5. The molecule has 0 bridgehead atoms. The average molecular weight is 806 g/mol. The van der Waals surface area contributed by atoms with Gasteiger partial charge < -0.3 is 42.1 Å². The van der Waals surface area contributed by atoms with E-state index in [0.717, 1.165) is 18.9 Å². The first-order chi connectivity index (χ1) is 26.1. The Morgan fingerprint density at radius 1 is 1.02 bits per heavy atom. The molecule has 2 heterocycles. The minimum Gasteiger partial charge on any atom is -0.492 e. The zero-order chi connectivity index (χ0) is 40.2. The Morgan fingerprint density at radius 2 is 1.67 bits per heavy atom.